The summed E-state index contributed by atoms with van der Waals surface area (Å²) in [5.74, 6) is 0.00738. The largest absolute Gasteiger partial charge is 0.353 e. The fourth-order valence-corrected chi connectivity index (χ4v) is 4.51. The monoisotopic (exact) mass is 402 g/mol. The van der Waals surface area contributed by atoms with E-state index in [9.17, 15) is 9.59 Å². The Morgan fingerprint density at radius 1 is 1.32 bits per heavy atom. The Kier molecular flexibility index (Phi) is 6.67. The zero-order valence-corrected chi connectivity index (χ0v) is 18.1. The molecule has 0 spiro atoms. The zero-order valence-electron chi connectivity index (χ0n) is 17.2. The highest BCUT2D eigenvalue weighted by Crippen LogP contribution is 2.25. The summed E-state index contributed by atoms with van der Waals surface area (Å²) < 4.78 is 1.56. The minimum Gasteiger partial charge on any atom is -0.353 e. The van der Waals surface area contributed by atoms with Crippen molar-refractivity contribution in [1.29, 1.82) is 0 Å². The van der Waals surface area contributed by atoms with Crippen molar-refractivity contribution in [3.05, 3.63) is 38.8 Å². The van der Waals surface area contributed by atoms with Gasteiger partial charge in [0.15, 0.2) is 0 Å². The van der Waals surface area contributed by atoms with Gasteiger partial charge in [0.05, 0.1) is 11.7 Å². The third kappa shape index (κ3) is 4.89. The lowest BCUT2D eigenvalue weighted by atomic mass is 10.0. The third-order valence-electron chi connectivity index (χ3n) is 5.45. The number of nitrogens with one attached hydrogen (secondary N) is 1. The zero-order chi connectivity index (χ0) is 20.3. The average molecular weight is 403 g/mol. The number of aryl methyl sites for hydroxylation is 3. The molecule has 0 atom stereocenters. The molecule has 1 aliphatic rings. The molecule has 2 aromatic heterocycles. The molecule has 0 aliphatic carbocycles. The van der Waals surface area contributed by atoms with Crippen LogP contribution in [0.3, 0.4) is 0 Å². The van der Waals surface area contributed by atoms with Gasteiger partial charge in [-0.1, -0.05) is 11.6 Å². The number of nitrogens with zero attached hydrogens (tertiary/aromatic N) is 3. The molecular formula is C21H30N4O2S. The van der Waals surface area contributed by atoms with Crippen molar-refractivity contribution in [2.75, 3.05) is 19.6 Å². The second-order valence-corrected chi connectivity index (χ2v) is 9.08. The number of thiophene rings is 1. The molecule has 3 heterocycles. The predicted molar refractivity (Wildman–Crippen MR) is 115 cm³/mol. The van der Waals surface area contributed by atoms with Gasteiger partial charge in [0, 0.05) is 43.5 Å². The molecule has 0 saturated carbocycles. The van der Waals surface area contributed by atoms with Crippen molar-refractivity contribution in [2.24, 2.45) is 0 Å². The molecule has 0 radical (unpaired) electrons. The minimum absolute atomic E-state index is 0.00738. The van der Waals surface area contributed by atoms with E-state index >= 15 is 0 Å². The summed E-state index contributed by atoms with van der Waals surface area (Å²) in [5, 5.41) is 3.82. The summed E-state index contributed by atoms with van der Waals surface area (Å²) in [6.07, 6.45) is 6.06. The van der Waals surface area contributed by atoms with E-state index in [1.165, 1.54) is 5.57 Å². The molecule has 152 valence electrons. The highest BCUT2D eigenvalue weighted by atomic mass is 32.1. The molecule has 1 saturated heterocycles. The first-order valence-electron chi connectivity index (χ1n) is 9.95. The van der Waals surface area contributed by atoms with E-state index in [4.69, 9.17) is 0 Å². The van der Waals surface area contributed by atoms with Gasteiger partial charge in [0.1, 0.15) is 4.83 Å². The number of rotatable bonds is 6. The number of likely N-dealkylation sites (tertiary alicyclic amines) is 1. The van der Waals surface area contributed by atoms with E-state index in [1.807, 2.05) is 13.8 Å². The topological polar surface area (TPSA) is 67.2 Å². The molecule has 0 unspecified atom stereocenters. The third-order valence-corrected chi connectivity index (χ3v) is 6.56. The van der Waals surface area contributed by atoms with Crippen LogP contribution in [0.4, 0.5) is 0 Å². The maximum absolute atomic E-state index is 12.7. The molecule has 0 bridgehead atoms. The molecule has 3 rings (SSSR count). The summed E-state index contributed by atoms with van der Waals surface area (Å²) in [6, 6.07) is 0.231. The SMILES string of the molecule is CC(C)=CCN1CCC(NC(=O)CCn2cnc3sc(C)c(C)c3c2=O)CC1. The van der Waals surface area contributed by atoms with Gasteiger partial charge in [-0.2, -0.15) is 0 Å². The van der Waals surface area contributed by atoms with Crippen molar-refractivity contribution in [2.45, 2.75) is 59.5 Å². The Morgan fingerprint density at radius 2 is 2.04 bits per heavy atom. The van der Waals surface area contributed by atoms with Gasteiger partial charge in [-0.05, 0) is 46.1 Å². The van der Waals surface area contributed by atoms with Crippen LogP contribution in [0.25, 0.3) is 10.2 Å². The van der Waals surface area contributed by atoms with Gasteiger partial charge in [-0.15, -0.1) is 11.3 Å². The standard InChI is InChI=1S/C21H30N4O2S/c1-14(2)5-9-24-10-6-17(7-11-24)23-18(26)8-12-25-13-22-20-19(21(25)27)15(3)16(4)28-20/h5,13,17H,6-12H2,1-4H3,(H,23,26). The predicted octanol–water partition coefficient (Wildman–Crippen LogP) is 3.01. The summed E-state index contributed by atoms with van der Waals surface area (Å²) in [5.41, 5.74) is 2.29. The van der Waals surface area contributed by atoms with Crippen molar-refractivity contribution in [3.8, 4) is 0 Å². The number of fused-ring (bicyclic) bond motifs is 1. The van der Waals surface area contributed by atoms with E-state index in [1.54, 1.807) is 22.2 Å². The number of carbonyl (C=O) groups is 1. The lowest BCUT2D eigenvalue weighted by Crippen LogP contribution is -2.44. The normalized spacial score (nSPS) is 15.7. The highest BCUT2D eigenvalue weighted by molar-refractivity contribution is 7.18. The first-order valence-corrected chi connectivity index (χ1v) is 10.8. The highest BCUT2D eigenvalue weighted by Gasteiger charge is 2.20. The molecule has 1 N–H and O–H groups in total. The van der Waals surface area contributed by atoms with Crippen LogP contribution in [0.15, 0.2) is 22.8 Å². The fourth-order valence-electron chi connectivity index (χ4n) is 3.52. The average Bonchev–Trinajstić information content (AvgIpc) is 2.95. The van der Waals surface area contributed by atoms with Crippen LogP contribution < -0.4 is 10.9 Å². The summed E-state index contributed by atoms with van der Waals surface area (Å²) in [4.78, 5) is 33.8. The molecule has 1 aliphatic heterocycles. The Hall–Kier alpha value is -1.99. The number of hydrogen-bond donors (Lipinski definition) is 1. The van der Waals surface area contributed by atoms with Crippen molar-refractivity contribution in [3.63, 3.8) is 0 Å². The lowest BCUT2D eigenvalue weighted by molar-refractivity contribution is -0.122. The van der Waals surface area contributed by atoms with E-state index in [2.05, 4.69) is 35.1 Å². The van der Waals surface area contributed by atoms with Gasteiger partial charge < -0.3 is 5.32 Å². The number of carbonyl (C=O) groups excluding carboxylic acids is 1. The molecule has 1 amide bonds. The number of amides is 1. The molecule has 0 aromatic carbocycles. The van der Waals surface area contributed by atoms with Gasteiger partial charge in [-0.25, -0.2) is 4.98 Å². The van der Waals surface area contributed by atoms with E-state index in [0.717, 1.165) is 47.7 Å². The van der Waals surface area contributed by atoms with Crippen molar-refractivity contribution >= 4 is 27.5 Å². The Labute approximate surface area is 170 Å². The Bertz CT molecular complexity index is 932. The minimum atomic E-state index is -0.0489. The summed E-state index contributed by atoms with van der Waals surface area (Å²) in [6.45, 7) is 11.6. The van der Waals surface area contributed by atoms with Crippen LogP contribution in [0.5, 0.6) is 0 Å². The van der Waals surface area contributed by atoms with E-state index < -0.39 is 0 Å². The number of piperidine rings is 1. The maximum Gasteiger partial charge on any atom is 0.262 e. The molecular weight excluding hydrogens is 372 g/mol. The van der Waals surface area contributed by atoms with Crippen LogP contribution in [0.1, 0.15) is 43.6 Å². The second kappa shape index (κ2) is 9.01. The maximum atomic E-state index is 12.7. The van der Waals surface area contributed by atoms with Gasteiger partial charge in [0.2, 0.25) is 5.91 Å². The second-order valence-electron chi connectivity index (χ2n) is 7.88. The van der Waals surface area contributed by atoms with Gasteiger partial charge >= 0.3 is 0 Å². The Morgan fingerprint density at radius 3 is 2.71 bits per heavy atom. The van der Waals surface area contributed by atoms with Gasteiger partial charge in [0.25, 0.3) is 5.56 Å². The van der Waals surface area contributed by atoms with Crippen LogP contribution in [-0.4, -0.2) is 46.0 Å². The molecule has 2 aromatic rings. The Balaban J connectivity index is 1.51. The molecule has 7 heteroatoms. The number of hydrogen-bond acceptors (Lipinski definition) is 5. The van der Waals surface area contributed by atoms with Crippen molar-refractivity contribution < 1.29 is 4.79 Å². The van der Waals surface area contributed by atoms with Crippen LogP contribution in [-0.2, 0) is 11.3 Å². The number of allylic oxidation sites excluding steroid dienone is 1. The van der Waals surface area contributed by atoms with Crippen molar-refractivity contribution in [1.82, 2.24) is 19.8 Å². The smallest absolute Gasteiger partial charge is 0.262 e. The lowest BCUT2D eigenvalue weighted by Gasteiger charge is -2.31. The number of aromatic nitrogens is 2. The van der Waals surface area contributed by atoms with Crippen LogP contribution in [0, 0.1) is 13.8 Å². The van der Waals surface area contributed by atoms with Gasteiger partial charge in [-0.3, -0.25) is 19.1 Å². The fraction of sp³-hybridized carbons (Fsp3) is 0.571. The first-order chi connectivity index (χ1) is 13.3. The van der Waals surface area contributed by atoms with Crippen LogP contribution in [0.2, 0.25) is 0 Å². The molecule has 1 fully saturated rings. The molecule has 28 heavy (non-hydrogen) atoms. The first kappa shape index (κ1) is 20.7. The summed E-state index contributed by atoms with van der Waals surface area (Å²) >= 11 is 1.54. The van der Waals surface area contributed by atoms with E-state index in [-0.39, 0.29) is 17.5 Å². The quantitative estimate of drug-likeness (QED) is 0.754. The summed E-state index contributed by atoms with van der Waals surface area (Å²) in [7, 11) is 0. The van der Waals surface area contributed by atoms with Crippen LogP contribution >= 0.6 is 11.3 Å². The van der Waals surface area contributed by atoms with E-state index in [0.29, 0.717) is 18.4 Å². The molecule has 6 nitrogen and oxygen atoms in total.